The third-order valence-electron chi connectivity index (χ3n) is 4.49. The van der Waals surface area contributed by atoms with Gasteiger partial charge in [-0.25, -0.2) is 0 Å². The standard InChI is InChI=1S/C15H30N2O2/c1-3-7-16-15(13-4-8-19-12-13)11-17(2)14-5-9-18-10-6-14/h13-16H,3-12H2,1-2H3. The Morgan fingerprint density at radius 3 is 2.53 bits per heavy atom. The van der Waals surface area contributed by atoms with Gasteiger partial charge in [0.15, 0.2) is 0 Å². The quantitative estimate of drug-likeness (QED) is 0.760. The molecule has 2 aliphatic heterocycles. The molecule has 0 aromatic carbocycles. The molecule has 0 spiro atoms. The second-order valence-corrected chi connectivity index (χ2v) is 5.97. The molecular weight excluding hydrogens is 240 g/mol. The van der Waals surface area contributed by atoms with E-state index < -0.39 is 0 Å². The molecule has 19 heavy (non-hydrogen) atoms. The molecule has 0 aromatic rings. The molecule has 2 atom stereocenters. The highest BCUT2D eigenvalue weighted by atomic mass is 16.5. The van der Waals surface area contributed by atoms with E-state index in [9.17, 15) is 0 Å². The number of nitrogens with one attached hydrogen (secondary N) is 1. The molecule has 0 radical (unpaired) electrons. The van der Waals surface area contributed by atoms with Crippen molar-refractivity contribution < 1.29 is 9.47 Å². The fourth-order valence-corrected chi connectivity index (χ4v) is 3.17. The van der Waals surface area contributed by atoms with Crippen molar-refractivity contribution in [2.75, 3.05) is 46.6 Å². The Hall–Kier alpha value is -0.160. The second kappa shape index (κ2) is 8.20. The first-order valence-electron chi connectivity index (χ1n) is 7.90. The molecule has 0 aliphatic carbocycles. The topological polar surface area (TPSA) is 33.7 Å². The molecule has 0 aromatic heterocycles. The van der Waals surface area contributed by atoms with Crippen LogP contribution in [0.1, 0.15) is 32.6 Å². The summed E-state index contributed by atoms with van der Waals surface area (Å²) >= 11 is 0. The second-order valence-electron chi connectivity index (χ2n) is 5.97. The van der Waals surface area contributed by atoms with Crippen molar-refractivity contribution >= 4 is 0 Å². The van der Waals surface area contributed by atoms with E-state index in [-0.39, 0.29) is 0 Å². The van der Waals surface area contributed by atoms with E-state index in [1.807, 2.05) is 0 Å². The minimum absolute atomic E-state index is 0.579. The number of hydrogen-bond donors (Lipinski definition) is 1. The van der Waals surface area contributed by atoms with Crippen LogP contribution in [-0.2, 0) is 9.47 Å². The van der Waals surface area contributed by atoms with Gasteiger partial charge in [-0.3, -0.25) is 0 Å². The van der Waals surface area contributed by atoms with Gasteiger partial charge in [0.05, 0.1) is 6.61 Å². The lowest BCUT2D eigenvalue weighted by molar-refractivity contribution is 0.0373. The van der Waals surface area contributed by atoms with Crippen molar-refractivity contribution in [3.8, 4) is 0 Å². The molecule has 1 N–H and O–H groups in total. The number of rotatable bonds is 7. The predicted octanol–water partition coefficient (Wildman–Crippen LogP) is 1.50. The summed E-state index contributed by atoms with van der Waals surface area (Å²) in [7, 11) is 2.27. The monoisotopic (exact) mass is 270 g/mol. The summed E-state index contributed by atoms with van der Waals surface area (Å²) in [6.45, 7) is 8.21. The lowest BCUT2D eigenvalue weighted by Gasteiger charge is -2.35. The van der Waals surface area contributed by atoms with Gasteiger partial charge in [0.1, 0.15) is 0 Å². The molecule has 2 saturated heterocycles. The Kier molecular flexibility index (Phi) is 6.57. The fourth-order valence-electron chi connectivity index (χ4n) is 3.17. The maximum Gasteiger partial charge on any atom is 0.0510 e. The Morgan fingerprint density at radius 1 is 1.16 bits per heavy atom. The van der Waals surface area contributed by atoms with Crippen LogP contribution in [0, 0.1) is 5.92 Å². The summed E-state index contributed by atoms with van der Waals surface area (Å²) in [4.78, 5) is 2.54. The van der Waals surface area contributed by atoms with Crippen molar-refractivity contribution in [2.24, 2.45) is 5.92 Å². The maximum absolute atomic E-state index is 5.57. The van der Waals surface area contributed by atoms with Crippen LogP contribution in [0.25, 0.3) is 0 Å². The Morgan fingerprint density at radius 2 is 1.89 bits per heavy atom. The normalized spacial score (nSPS) is 27.0. The highest BCUT2D eigenvalue weighted by Crippen LogP contribution is 2.20. The van der Waals surface area contributed by atoms with Crippen molar-refractivity contribution in [3.63, 3.8) is 0 Å². The number of ether oxygens (including phenoxy) is 2. The van der Waals surface area contributed by atoms with Gasteiger partial charge in [0.25, 0.3) is 0 Å². The first-order chi connectivity index (χ1) is 9.31. The van der Waals surface area contributed by atoms with Crippen LogP contribution in [0.3, 0.4) is 0 Å². The van der Waals surface area contributed by atoms with Crippen LogP contribution >= 0.6 is 0 Å². The largest absolute Gasteiger partial charge is 0.381 e. The molecule has 2 rings (SSSR count). The van der Waals surface area contributed by atoms with Crippen molar-refractivity contribution in [2.45, 2.75) is 44.7 Å². The third-order valence-corrected chi connectivity index (χ3v) is 4.49. The molecule has 4 nitrogen and oxygen atoms in total. The van der Waals surface area contributed by atoms with E-state index in [0.717, 1.165) is 39.5 Å². The van der Waals surface area contributed by atoms with Crippen molar-refractivity contribution in [1.82, 2.24) is 10.2 Å². The van der Waals surface area contributed by atoms with Crippen LogP contribution in [0.4, 0.5) is 0 Å². The zero-order chi connectivity index (χ0) is 13.5. The molecule has 2 aliphatic rings. The molecule has 4 heteroatoms. The van der Waals surface area contributed by atoms with Gasteiger partial charge in [-0.15, -0.1) is 0 Å². The summed E-state index contributed by atoms with van der Waals surface area (Å²) in [5.74, 6) is 0.689. The first kappa shape index (κ1) is 15.2. The van der Waals surface area contributed by atoms with E-state index >= 15 is 0 Å². The highest BCUT2D eigenvalue weighted by molar-refractivity contribution is 4.84. The number of likely N-dealkylation sites (N-methyl/N-ethyl adjacent to an activating group) is 1. The number of nitrogens with zero attached hydrogens (tertiary/aromatic N) is 1. The van der Waals surface area contributed by atoms with Gasteiger partial charge >= 0.3 is 0 Å². The third kappa shape index (κ3) is 4.71. The van der Waals surface area contributed by atoms with Gasteiger partial charge < -0.3 is 19.7 Å². The van der Waals surface area contributed by atoms with Crippen LogP contribution in [0.2, 0.25) is 0 Å². The SMILES string of the molecule is CCCNC(CN(C)C1CCOCC1)C1CCOC1. The van der Waals surface area contributed by atoms with E-state index in [4.69, 9.17) is 9.47 Å². The van der Waals surface area contributed by atoms with Gasteiger partial charge in [-0.05, 0) is 39.3 Å². The average Bonchev–Trinajstić information content (AvgIpc) is 2.98. The molecule has 112 valence electrons. The average molecular weight is 270 g/mol. The summed E-state index contributed by atoms with van der Waals surface area (Å²) in [6.07, 6.45) is 4.77. The number of hydrogen-bond acceptors (Lipinski definition) is 4. The predicted molar refractivity (Wildman–Crippen MR) is 77.5 cm³/mol. The van der Waals surface area contributed by atoms with Crippen LogP contribution in [0.5, 0.6) is 0 Å². The molecule has 0 saturated carbocycles. The zero-order valence-corrected chi connectivity index (χ0v) is 12.6. The van der Waals surface area contributed by atoms with Crippen molar-refractivity contribution in [3.05, 3.63) is 0 Å². The minimum atomic E-state index is 0.579. The maximum atomic E-state index is 5.57. The molecule has 0 amide bonds. The van der Waals surface area contributed by atoms with Gasteiger partial charge in [-0.1, -0.05) is 6.92 Å². The molecule has 2 fully saturated rings. The van der Waals surface area contributed by atoms with Gasteiger partial charge in [-0.2, -0.15) is 0 Å². The summed E-state index contributed by atoms with van der Waals surface area (Å²) in [5, 5.41) is 3.73. The lowest BCUT2D eigenvalue weighted by atomic mass is 9.97. The van der Waals surface area contributed by atoms with Crippen LogP contribution in [0.15, 0.2) is 0 Å². The molecule has 0 bridgehead atoms. The van der Waals surface area contributed by atoms with Crippen LogP contribution in [-0.4, -0.2) is 63.5 Å². The van der Waals surface area contributed by atoms with E-state index in [2.05, 4.69) is 24.2 Å². The zero-order valence-electron chi connectivity index (χ0n) is 12.6. The lowest BCUT2D eigenvalue weighted by Crippen LogP contribution is -2.49. The molecule has 2 heterocycles. The molecule has 2 unspecified atom stereocenters. The van der Waals surface area contributed by atoms with E-state index in [0.29, 0.717) is 18.0 Å². The van der Waals surface area contributed by atoms with E-state index in [1.165, 1.54) is 25.7 Å². The first-order valence-corrected chi connectivity index (χ1v) is 7.90. The Balaban J connectivity index is 1.82. The summed E-state index contributed by atoms with van der Waals surface area (Å²) < 4.78 is 11.0. The Labute approximate surface area is 117 Å². The highest BCUT2D eigenvalue weighted by Gasteiger charge is 2.28. The van der Waals surface area contributed by atoms with Crippen LogP contribution < -0.4 is 5.32 Å². The molecular formula is C15H30N2O2. The summed E-state index contributed by atoms with van der Waals surface area (Å²) in [6, 6.07) is 1.28. The smallest absolute Gasteiger partial charge is 0.0510 e. The van der Waals surface area contributed by atoms with Crippen molar-refractivity contribution in [1.29, 1.82) is 0 Å². The van der Waals surface area contributed by atoms with Gasteiger partial charge in [0, 0.05) is 44.4 Å². The van der Waals surface area contributed by atoms with E-state index in [1.54, 1.807) is 0 Å². The summed E-state index contributed by atoms with van der Waals surface area (Å²) in [5.41, 5.74) is 0. The fraction of sp³-hybridized carbons (Fsp3) is 1.00. The Bertz CT molecular complexity index is 238. The van der Waals surface area contributed by atoms with Gasteiger partial charge in [0.2, 0.25) is 0 Å². The minimum Gasteiger partial charge on any atom is -0.381 e.